The lowest BCUT2D eigenvalue weighted by molar-refractivity contribution is 1.77. The van der Waals surface area contributed by atoms with Crippen LogP contribution in [0.5, 0.6) is 0 Å². The molecule has 0 nitrogen and oxygen atoms in total. The maximum Gasteiger partial charge on any atom is 0.104 e. The van der Waals surface area contributed by atoms with E-state index in [4.69, 9.17) is 34.8 Å². The Labute approximate surface area is 68.2 Å². The normalized spacial score (nSPS) is 7.00. The van der Waals surface area contributed by atoms with E-state index in [1.54, 1.807) is 0 Å². The molecule has 0 fully saturated rings. The van der Waals surface area contributed by atoms with Crippen molar-refractivity contribution in [2.24, 2.45) is 0 Å². The van der Waals surface area contributed by atoms with Crippen LogP contribution in [-0.2, 0) is 0 Å². The minimum atomic E-state index is 0.227. The van der Waals surface area contributed by atoms with Gasteiger partial charge in [0.05, 0.1) is 0 Å². The molecule has 0 unspecified atom stereocenters. The van der Waals surface area contributed by atoms with Crippen molar-refractivity contribution >= 4 is 45.0 Å². The number of halogens is 3. The zero-order valence-corrected chi connectivity index (χ0v) is 9.19. The molecular weight excluding hydrogens is 182 g/mol. The van der Waals surface area contributed by atoms with Crippen molar-refractivity contribution in [2.75, 3.05) is 5.88 Å². The van der Waals surface area contributed by atoms with Gasteiger partial charge < -0.3 is 0 Å². The Morgan fingerprint density at radius 2 is 1.88 bits per heavy atom. The SMILES string of the molecule is C[SiH3].ClCC=C(Cl)Cl. The van der Waals surface area contributed by atoms with Crippen LogP contribution in [0.1, 0.15) is 0 Å². The van der Waals surface area contributed by atoms with Gasteiger partial charge in [-0.2, -0.15) is 0 Å². The van der Waals surface area contributed by atoms with Crippen molar-refractivity contribution in [2.45, 2.75) is 6.55 Å². The molecule has 0 N–H and O–H groups in total. The smallest absolute Gasteiger partial charge is 0.104 e. The fourth-order valence-corrected chi connectivity index (χ4v) is 0.525. The summed E-state index contributed by atoms with van der Waals surface area (Å²) in [6, 6.07) is 0. The van der Waals surface area contributed by atoms with E-state index in [2.05, 4.69) is 6.55 Å². The molecule has 0 aliphatic rings. The van der Waals surface area contributed by atoms with Gasteiger partial charge in [0.2, 0.25) is 0 Å². The van der Waals surface area contributed by atoms with Crippen LogP contribution in [0.3, 0.4) is 0 Å². The molecule has 8 heavy (non-hydrogen) atoms. The quantitative estimate of drug-likeness (QED) is 0.439. The third-order valence-corrected chi connectivity index (χ3v) is 0.694. The van der Waals surface area contributed by atoms with Gasteiger partial charge in [-0.15, -0.1) is 11.6 Å². The Hall–Kier alpha value is 0.827. The molecule has 0 amide bonds. The molecule has 0 bridgehead atoms. The first-order valence-electron chi connectivity index (χ1n) is 2.34. The molecule has 0 atom stereocenters. The van der Waals surface area contributed by atoms with Gasteiger partial charge in [-0.05, 0) is 16.3 Å². The Morgan fingerprint density at radius 3 is 1.88 bits per heavy atom. The van der Waals surface area contributed by atoms with Crippen LogP contribution in [-0.4, -0.2) is 16.1 Å². The molecule has 0 aromatic carbocycles. The minimum Gasteiger partial charge on any atom is -0.122 e. The second-order valence-electron chi connectivity index (χ2n) is 0.648. The predicted molar refractivity (Wildman–Crippen MR) is 46.3 cm³/mol. The van der Waals surface area contributed by atoms with E-state index in [9.17, 15) is 0 Å². The molecule has 4 heteroatoms. The monoisotopic (exact) mass is 190 g/mol. The predicted octanol–water partition coefficient (Wildman–Crippen LogP) is 1.94. The lowest BCUT2D eigenvalue weighted by Crippen LogP contribution is -1.56. The van der Waals surface area contributed by atoms with E-state index in [1.165, 1.54) is 16.3 Å². The van der Waals surface area contributed by atoms with Crippen molar-refractivity contribution in [1.82, 2.24) is 0 Å². The highest BCUT2D eigenvalue weighted by Crippen LogP contribution is 2.04. The molecule has 0 aromatic heterocycles. The van der Waals surface area contributed by atoms with Gasteiger partial charge in [-0.1, -0.05) is 29.7 Å². The van der Waals surface area contributed by atoms with Crippen molar-refractivity contribution in [1.29, 1.82) is 0 Å². The lowest BCUT2D eigenvalue weighted by atomic mass is 10.8. The van der Waals surface area contributed by atoms with Gasteiger partial charge in [0.15, 0.2) is 0 Å². The molecule has 0 aliphatic heterocycles. The molecule has 0 saturated heterocycles. The van der Waals surface area contributed by atoms with Gasteiger partial charge in [0, 0.05) is 5.88 Å². The van der Waals surface area contributed by atoms with Gasteiger partial charge in [0.1, 0.15) is 4.49 Å². The van der Waals surface area contributed by atoms with Gasteiger partial charge >= 0.3 is 0 Å². The molecule has 50 valence electrons. The maximum absolute atomic E-state index is 5.15. The number of hydrogen-bond acceptors (Lipinski definition) is 0. The second-order valence-corrected chi connectivity index (χ2v) is 1.96. The van der Waals surface area contributed by atoms with Crippen molar-refractivity contribution in [3.63, 3.8) is 0 Å². The Morgan fingerprint density at radius 1 is 1.50 bits per heavy atom. The molecule has 0 aliphatic carbocycles. The highest BCUT2D eigenvalue weighted by Gasteiger charge is 1.75. The average Bonchev–Trinajstić information content (AvgIpc) is 1.72. The van der Waals surface area contributed by atoms with Gasteiger partial charge in [-0.3, -0.25) is 0 Å². The van der Waals surface area contributed by atoms with Crippen LogP contribution in [0.15, 0.2) is 10.6 Å². The number of allylic oxidation sites excluding steroid dienone is 1. The minimum absolute atomic E-state index is 0.227. The standard InChI is InChI=1S/C3H3Cl3.CH6Si/c4-2-1-3(5)6;1-2/h1H,2H2;1-2H3. The van der Waals surface area contributed by atoms with E-state index in [0.717, 1.165) is 0 Å². The fraction of sp³-hybridized carbons (Fsp3) is 0.500. The van der Waals surface area contributed by atoms with E-state index < -0.39 is 0 Å². The number of alkyl halides is 1. The molecular formula is C4H9Cl3Si. The van der Waals surface area contributed by atoms with Gasteiger partial charge in [-0.25, -0.2) is 0 Å². The molecule has 0 aromatic rings. The van der Waals surface area contributed by atoms with Crippen LogP contribution in [0.2, 0.25) is 6.55 Å². The Kier molecular flexibility index (Phi) is 15.6. The van der Waals surface area contributed by atoms with E-state index in [-0.39, 0.29) is 4.49 Å². The fourth-order valence-electron chi connectivity index (χ4n) is 0.0583. The maximum atomic E-state index is 5.15. The van der Waals surface area contributed by atoms with E-state index >= 15 is 0 Å². The Bertz CT molecular complexity index is 58.3. The van der Waals surface area contributed by atoms with E-state index in [0.29, 0.717) is 5.88 Å². The molecule has 0 heterocycles. The Balaban J connectivity index is 0. The summed E-state index contributed by atoms with van der Waals surface area (Å²) in [7, 11) is 1.31. The summed E-state index contributed by atoms with van der Waals surface area (Å²) < 4.78 is 0.227. The summed E-state index contributed by atoms with van der Waals surface area (Å²) in [4.78, 5) is 0. The summed E-state index contributed by atoms with van der Waals surface area (Å²) in [5.41, 5.74) is 0. The third kappa shape index (κ3) is 15.8. The molecule has 0 saturated carbocycles. The molecule has 0 radical (unpaired) electrons. The van der Waals surface area contributed by atoms with E-state index in [1.807, 2.05) is 0 Å². The van der Waals surface area contributed by atoms with Crippen LogP contribution in [0.4, 0.5) is 0 Å². The summed E-state index contributed by atoms with van der Waals surface area (Å²) in [6.45, 7) is 2.14. The third-order valence-electron chi connectivity index (χ3n) is 0.231. The number of hydrogen-bond donors (Lipinski definition) is 0. The van der Waals surface area contributed by atoms with Crippen LogP contribution < -0.4 is 0 Å². The largest absolute Gasteiger partial charge is 0.122 e. The first kappa shape index (κ1) is 11.6. The highest BCUT2D eigenvalue weighted by molar-refractivity contribution is 6.56. The average molecular weight is 192 g/mol. The second kappa shape index (κ2) is 10.7. The van der Waals surface area contributed by atoms with Crippen molar-refractivity contribution < 1.29 is 0 Å². The van der Waals surface area contributed by atoms with Crippen LogP contribution in [0, 0.1) is 0 Å². The van der Waals surface area contributed by atoms with Crippen LogP contribution in [0.25, 0.3) is 0 Å². The summed E-state index contributed by atoms with van der Waals surface area (Å²) in [5, 5.41) is 0. The molecule has 0 rings (SSSR count). The first-order chi connectivity index (χ1) is 3.77. The first-order valence-corrected chi connectivity index (χ1v) is 5.63. The number of rotatable bonds is 1. The van der Waals surface area contributed by atoms with Crippen molar-refractivity contribution in [3.8, 4) is 0 Å². The lowest BCUT2D eigenvalue weighted by Gasteiger charge is -1.72. The summed E-state index contributed by atoms with van der Waals surface area (Å²) >= 11 is 15.4. The van der Waals surface area contributed by atoms with Crippen LogP contribution >= 0.6 is 34.8 Å². The summed E-state index contributed by atoms with van der Waals surface area (Å²) in [6.07, 6.45) is 1.50. The topological polar surface area (TPSA) is 0 Å². The zero-order chi connectivity index (χ0) is 6.99. The van der Waals surface area contributed by atoms with Crippen molar-refractivity contribution in [3.05, 3.63) is 10.6 Å². The molecule has 0 spiro atoms. The zero-order valence-electron chi connectivity index (χ0n) is 4.92. The highest BCUT2D eigenvalue weighted by atomic mass is 35.5. The summed E-state index contributed by atoms with van der Waals surface area (Å²) in [5.74, 6) is 0.377. The van der Waals surface area contributed by atoms with Gasteiger partial charge in [0.25, 0.3) is 0 Å².